The van der Waals surface area contributed by atoms with Gasteiger partial charge in [-0.25, -0.2) is 9.59 Å². The van der Waals surface area contributed by atoms with Gasteiger partial charge in [0, 0.05) is 24.2 Å². The van der Waals surface area contributed by atoms with Gasteiger partial charge in [0.05, 0.1) is 11.7 Å². The Balaban J connectivity index is 0.000000371. The minimum absolute atomic E-state index is 0.0230. The summed E-state index contributed by atoms with van der Waals surface area (Å²) in [5.74, 6) is -2.51. The van der Waals surface area contributed by atoms with Crippen LogP contribution in [0.2, 0.25) is 0 Å². The minimum atomic E-state index is -4.40. The van der Waals surface area contributed by atoms with Gasteiger partial charge in [0.1, 0.15) is 6.10 Å². The molecule has 4 rings (SSSR count). The van der Waals surface area contributed by atoms with Gasteiger partial charge in [-0.1, -0.05) is 48.5 Å². The lowest BCUT2D eigenvalue weighted by Gasteiger charge is -2.38. The van der Waals surface area contributed by atoms with E-state index >= 15 is 0 Å². The molecule has 2 aliphatic rings. The number of hydrogen-bond acceptors (Lipinski definition) is 4. The zero-order valence-electron chi connectivity index (χ0n) is 19.2. The number of fused-ring (bicyclic) bond motifs is 2. The third-order valence-corrected chi connectivity index (χ3v) is 6.40. The van der Waals surface area contributed by atoms with E-state index in [-0.39, 0.29) is 11.7 Å². The van der Waals surface area contributed by atoms with Crippen molar-refractivity contribution in [3.05, 3.63) is 83.4 Å². The third kappa shape index (κ3) is 7.16. The van der Waals surface area contributed by atoms with Gasteiger partial charge < -0.3 is 19.8 Å². The van der Waals surface area contributed by atoms with Crippen LogP contribution in [0.3, 0.4) is 0 Å². The molecule has 0 aliphatic carbocycles. The molecule has 2 fully saturated rings. The standard InChI is InChI=1S/C22H24F3NO.C4H4O4/c1-26-16-11-12-17(26)14-18(13-16)27-21(15-7-3-2-4-8-15)19-9-5-6-10-20(19)22(23,24)25;5-3(6)1-2-4(7)8/h2-10,16-18,21H,11-14H2,1H3;1-2H,(H,5,6)(H,7,8)/b;2-1+. The Kier molecular flexibility index (Phi) is 8.69. The zero-order chi connectivity index (χ0) is 25.6. The average molecular weight is 492 g/mol. The fourth-order valence-corrected chi connectivity index (χ4v) is 4.75. The van der Waals surface area contributed by atoms with Crippen LogP contribution in [0.5, 0.6) is 0 Å². The second-order valence-electron chi connectivity index (χ2n) is 8.67. The molecule has 2 N–H and O–H groups in total. The molecule has 0 spiro atoms. The molecule has 6 nitrogen and oxygen atoms in total. The lowest BCUT2D eigenvalue weighted by atomic mass is 9.94. The van der Waals surface area contributed by atoms with Crippen molar-refractivity contribution in [3.63, 3.8) is 0 Å². The second-order valence-corrected chi connectivity index (χ2v) is 8.67. The van der Waals surface area contributed by atoms with Crippen LogP contribution in [0.1, 0.15) is 48.5 Å². The summed E-state index contributed by atoms with van der Waals surface area (Å²) in [5.41, 5.74) is 0.345. The summed E-state index contributed by atoms with van der Waals surface area (Å²) in [7, 11) is 2.15. The molecule has 2 aromatic carbocycles. The van der Waals surface area contributed by atoms with E-state index in [4.69, 9.17) is 14.9 Å². The number of benzene rings is 2. The van der Waals surface area contributed by atoms with Gasteiger partial charge in [-0.2, -0.15) is 13.2 Å². The molecule has 3 atom stereocenters. The van der Waals surface area contributed by atoms with E-state index in [1.54, 1.807) is 12.1 Å². The van der Waals surface area contributed by atoms with Crippen LogP contribution in [-0.2, 0) is 20.5 Å². The molecule has 188 valence electrons. The molecule has 0 radical (unpaired) electrons. The maximum atomic E-state index is 13.6. The van der Waals surface area contributed by atoms with E-state index in [0.717, 1.165) is 37.3 Å². The summed E-state index contributed by atoms with van der Waals surface area (Å²) in [6.45, 7) is 0. The third-order valence-electron chi connectivity index (χ3n) is 6.40. The number of hydrogen-bond donors (Lipinski definition) is 2. The molecule has 2 bridgehead atoms. The fourth-order valence-electron chi connectivity index (χ4n) is 4.75. The largest absolute Gasteiger partial charge is 0.478 e. The van der Waals surface area contributed by atoms with Crippen LogP contribution < -0.4 is 0 Å². The number of alkyl halides is 3. The fraction of sp³-hybridized carbons (Fsp3) is 0.385. The van der Waals surface area contributed by atoms with E-state index in [9.17, 15) is 22.8 Å². The number of carboxylic acid groups (broad SMARTS) is 2. The summed E-state index contributed by atoms with van der Waals surface area (Å²) >= 11 is 0. The first kappa shape index (κ1) is 26.4. The van der Waals surface area contributed by atoms with Gasteiger partial charge in [0.15, 0.2) is 0 Å². The molecular weight excluding hydrogens is 463 g/mol. The van der Waals surface area contributed by atoms with Crippen LogP contribution in [0.25, 0.3) is 0 Å². The lowest BCUT2D eigenvalue weighted by molar-refractivity contribution is -0.140. The Hall–Kier alpha value is -3.17. The number of ether oxygens (including phenoxy) is 1. The van der Waals surface area contributed by atoms with E-state index in [1.807, 2.05) is 30.3 Å². The molecule has 0 saturated carbocycles. The Morgan fingerprint density at radius 1 is 0.943 bits per heavy atom. The Labute approximate surface area is 201 Å². The van der Waals surface area contributed by atoms with Gasteiger partial charge in [0.25, 0.3) is 0 Å². The normalized spacial score (nSPS) is 22.9. The molecule has 0 amide bonds. The predicted molar refractivity (Wildman–Crippen MR) is 123 cm³/mol. The number of carboxylic acids is 2. The van der Waals surface area contributed by atoms with Gasteiger partial charge in [-0.3, -0.25) is 0 Å². The van der Waals surface area contributed by atoms with Crippen molar-refractivity contribution in [3.8, 4) is 0 Å². The van der Waals surface area contributed by atoms with Crippen LogP contribution in [-0.4, -0.2) is 52.3 Å². The summed E-state index contributed by atoms with van der Waals surface area (Å²) in [5, 5.41) is 15.6. The Morgan fingerprint density at radius 2 is 1.46 bits per heavy atom. The smallest absolute Gasteiger partial charge is 0.416 e. The quantitative estimate of drug-likeness (QED) is 0.544. The molecule has 9 heteroatoms. The van der Waals surface area contributed by atoms with Crippen LogP contribution >= 0.6 is 0 Å². The molecule has 2 saturated heterocycles. The van der Waals surface area contributed by atoms with Crippen LogP contribution in [0.15, 0.2) is 66.7 Å². The first-order valence-corrected chi connectivity index (χ1v) is 11.3. The van der Waals surface area contributed by atoms with E-state index in [0.29, 0.717) is 24.2 Å². The summed E-state index contributed by atoms with van der Waals surface area (Å²) in [4.78, 5) is 21.5. The predicted octanol–water partition coefficient (Wildman–Crippen LogP) is 5.15. The SMILES string of the molecule is CN1C2CCC1CC(OC(c1ccccc1)c1ccccc1C(F)(F)F)C2.O=C(O)/C=C/C(=O)O. The Morgan fingerprint density at radius 3 is 1.97 bits per heavy atom. The van der Waals surface area contributed by atoms with Crippen molar-refractivity contribution < 1.29 is 37.7 Å². The highest BCUT2D eigenvalue weighted by molar-refractivity contribution is 5.89. The van der Waals surface area contributed by atoms with Gasteiger partial charge in [-0.05, 0) is 49.9 Å². The van der Waals surface area contributed by atoms with Crippen molar-refractivity contribution >= 4 is 11.9 Å². The van der Waals surface area contributed by atoms with E-state index < -0.39 is 29.8 Å². The average Bonchev–Trinajstić information content (AvgIpc) is 3.02. The maximum absolute atomic E-state index is 13.6. The van der Waals surface area contributed by atoms with Gasteiger partial charge in [0.2, 0.25) is 0 Å². The highest BCUT2D eigenvalue weighted by Gasteiger charge is 2.41. The highest BCUT2D eigenvalue weighted by atomic mass is 19.4. The number of rotatable bonds is 6. The molecule has 0 aromatic heterocycles. The first-order valence-electron chi connectivity index (χ1n) is 11.3. The lowest BCUT2D eigenvalue weighted by Crippen LogP contribution is -2.43. The number of piperidine rings is 1. The molecule has 2 aromatic rings. The van der Waals surface area contributed by atoms with Crippen molar-refractivity contribution in [1.82, 2.24) is 4.90 Å². The minimum Gasteiger partial charge on any atom is -0.478 e. The highest BCUT2D eigenvalue weighted by Crippen LogP contribution is 2.42. The maximum Gasteiger partial charge on any atom is 0.416 e. The zero-order valence-corrected chi connectivity index (χ0v) is 19.2. The topological polar surface area (TPSA) is 87.1 Å². The monoisotopic (exact) mass is 491 g/mol. The number of halogens is 3. The van der Waals surface area contributed by atoms with E-state index in [1.165, 1.54) is 6.07 Å². The van der Waals surface area contributed by atoms with Gasteiger partial charge in [-0.15, -0.1) is 0 Å². The summed E-state index contributed by atoms with van der Waals surface area (Å²) < 4.78 is 47.3. The van der Waals surface area contributed by atoms with Crippen molar-refractivity contribution in [2.45, 2.75) is 56.2 Å². The van der Waals surface area contributed by atoms with E-state index in [2.05, 4.69) is 11.9 Å². The number of carbonyl (C=O) groups is 2. The molecule has 3 unspecified atom stereocenters. The van der Waals surface area contributed by atoms with Crippen LogP contribution in [0.4, 0.5) is 13.2 Å². The molecular formula is C26H28F3NO5. The first-order chi connectivity index (χ1) is 16.6. The van der Waals surface area contributed by atoms with Crippen LogP contribution in [0, 0.1) is 0 Å². The summed E-state index contributed by atoms with van der Waals surface area (Å²) in [6, 6.07) is 16.0. The molecule has 35 heavy (non-hydrogen) atoms. The van der Waals surface area contributed by atoms with Gasteiger partial charge >= 0.3 is 18.1 Å². The van der Waals surface area contributed by atoms with Crippen molar-refractivity contribution in [1.29, 1.82) is 0 Å². The summed E-state index contributed by atoms with van der Waals surface area (Å²) in [6.07, 6.45) is 0.0345. The van der Waals surface area contributed by atoms with Crippen molar-refractivity contribution in [2.24, 2.45) is 0 Å². The second kappa shape index (κ2) is 11.5. The Bertz CT molecular complexity index is 1010. The number of nitrogens with zero attached hydrogens (tertiary/aromatic N) is 1. The molecule has 2 heterocycles. The van der Waals surface area contributed by atoms with Crippen molar-refractivity contribution in [2.75, 3.05) is 7.05 Å². The molecule has 2 aliphatic heterocycles. The number of aliphatic carboxylic acids is 2.